The van der Waals surface area contributed by atoms with Gasteiger partial charge in [0.2, 0.25) is 5.91 Å². The van der Waals surface area contributed by atoms with Crippen molar-refractivity contribution >= 4 is 44.7 Å². The molecule has 1 heterocycles. The van der Waals surface area contributed by atoms with Crippen LogP contribution in [0, 0.1) is 6.92 Å². The highest BCUT2D eigenvalue weighted by atomic mass is 35.5. The van der Waals surface area contributed by atoms with E-state index in [-0.39, 0.29) is 22.1 Å². The number of nitrogens with two attached hydrogens (primary N) is 1. The molecule has 192 valence electrons. The van der Waals surface area contributed by atoms with E-state index in [2.05, 4.69) is 4.98 Å². The van der Waals surface area contributed by atoms with Gasteiger partial charge in [0, 0.05) is 18.5 Å². The van der Waals surface area contributed by atoms with Gasteiger partial charge in [-0.05, 0) is 48.9 Å². The largest absolute Gasteiger partial charge is 0.448 e. The minimum atomic E-state index is -4.01. The molecule has 4 aromatic rings. The van der Waals surface area contributed by atoms with Crippen LogP contribution in [0.3, 0.4) is 0 Å². The number of hydrogen-bond acceptors (Lipinski definition) is 6. The maximum Gasteiger partial charge on any atom is 0.421 e. The topological polar surface area (TPSA) is 133 Å². The number of amides is 2. The minimum Gasteiger partial charge on any atom is -0.448 e. The summed E-state index contributed by atoms with van der Waals surface area (Å²) in [7, 11) is -4.01. The van der Waals surface area contributed by atoms with Gasteiger partial charge in [0.15, 0.2) is 0 Å². The number of hydrogen-bond donors (Lipinski definition) is 2. The van der Waals surface area contributed by atoms with Gasteiger partial charge in [0.05, 0.1) is 33.1 Å². The van der Waals surface area contributed by atoms with E-state index < -0.39 is 22.0 Å². The SMILES string of the molecule is CCc1nc2cc(C(N)=O)c(Cl)cc2n1-c1ccc(CCOC(=O)NS(=O)(=O)c2ccc(C)cc2)cc1. The number of imidazole rings is 1. The number of sulfonamides is 1. The van der Waals surface area contributed by atoms with Gasteiger partial charge < -0.3 is 10.5 Å². The molecule has 0 spiro atoms. The number of primary amides is 1. The van der Waals surface area contributed by atoms with E-state index in [0.29, 0.717) is 18.4 Å². The summed E-state index contributed by atoms with van der Waals surface area (Å²) in [6.45, 7) is 3.81. The highest BCUT2D eigenvalue weighted by Crippen LogP contribution is 2.28. The van der Waals surface area contributed by atoms with Gasteiger partial charge in [0.1, 0.15) is 5.82 Å². The number of aromatic nitrogens is 2. The average Bonchev–Trinajstić information content (AvgIpc) is 3.21. The number of halogens is 1. The van der Waals surface area contributed by atoms with Gasteiger partial charge >= 0.3 is 6.09 Å². The lowest BCUT2D eigenvalue weighted by Crippen LogP contribution is -2.31. The summed E-state index contributed by atoms with van der Waals surface area (Å²) >= 11 is 6.27. The second-order valence-corrected chi connectivity index (χ2v) is 10.5. The van der Waals surface area contributed by atoms with Crippen LogP contribution in [0.4, 0.5) is 4.79 Å². The summed E-state index contributed by atoms with van der Waals surface area (Å²) in [5, 5.41) is 0.250. The van der Waals surface area contributed by atoms with Gasteiger partial charge in [-0.1, -0.05) is 48.4 Å². The number of fused-ring (bicyclic) bond motifs is 1. The van der Waals surface area contributed by atoms with Gasteiger partial charge in [0.25, 0.3) is 10.0 Å². The first kappa shape index (κ1) is 26.2. The molecule has 0 unspecified atom stereocenters. The van der Waals surface area contributed by atoms with E-state index in [0.717, 1.165) is 28.2 Å². The van der Waals surface area contributed by atoms with Crippen LogP contribution in [-0.4, -0.2) is 36.6 Å². The highest BCUT2D eigenvalue weighted by molar-refractivity contribution is 7.90. The summed E-state index contributed by atoms with van der Waals surface area (Å²) in [4.78, 5) is 28.3. The number of nitrogens with one attached hydrogen (secondary N) is 1. The van der Waals surface area contributed by atoms with E-state index >= 15 is 0 Å². The maximum atomic E-state index is 12.3. The molecule has 0 saturated carbocycles. The monoisotopic (exact) mass is 540 g/mol. The molecule has 9 nitrogen and oxygen atoms in total. The fourth-order valence-corrected chi connectivity index (χ4v) is 4.99. The molecule has 3 aromatic carbocycles. The van der Waals surface area contributed by atoms with E-state index in [1.807, 2.05) is 47.4 Å². The lowest BCUT2D eigenvalue weighted by atomic mass is 10.1. The van der Waals surface area contributed by atoms with Crippen molar-refractivity contribution in [2.45, 2.75) is 31.6 Å². The lowest BCUT2D eigenvalue weighted by molar-refractivity contribution is 0.100. The Labute approximate surface area is 219 Å². The molecule has 0 aliphatic heterocycles. The fraction of sp³-hybridized carbons (Fsp3) is 0.192. The summed E-state index contributed by atoms with van der Waals surface area (Å²) in [5.41, 5.74) is 9.61. The van der Waals surface area contributed by atoms with Gasteiger partial charge in [-0.25, -0.2) is 22.9 Å². The van der Waals surface area contributed by atoms with Crippen LogP contribution in [-0.2, 0) is 27.6 Å². The van der Waals surface area contributed by atoms with Crippen LogP contribution in [0.25, 0.3) is 16.7 Å². The standard InChI is InChI=1S/C26H25ClN4O5S/c1-3-24-29-22-14-20(25(28)32)21(27)15-23(22)31(24)18-8-6-17(7-9-18)12-13-36-26(33)30-37(34,35)19-10-4-16(2)5-11-19/h4-11,14-15H,3,12-13H2,1-2H3,(H2,28,32)(H,30,33). The van der Waals surface area contributed by atoms with E-state index in [1.54, 1.807) is 24.3 Å². The van der Waals surface area contributed by atoms with Crippen molar-refractivity contribution in [3.05, 3.63) is 88.2 Å². The highest BCUT2D eigenvalue weighted by Gasteiger charge is 2.19. The molecule has 0 radical (unpaired) electrons. The molecule has 11 heteroatoms. The number of rotatable bonds is 8. The number of nitrogens with zero attached hydrogens (tertiary/aromatic N) is 2. The Morgan fingerprint density at radius 1 is 1.08 bits per heavy atom. The Balaban J connectivity index is 1.43. The molecule has 3 N–H and O–H groups in total. The molecule has 0 atom stereocenters. The van der Waals surface area contributed by atoms with Crippen molar-refractivity contribution in [1.29, 1.82) is 0 Å². The third-order valence-corrected chi connectivity index (χ3v) is 7.40. The zero-order valence-corrected chi connectivity index (χ0v) is 21.8. The molecule has 0 aliphatic rings. The molecule has 1 aromatic heterocycles. The fourth-order valence-electron chi connectivity index (χ4n) is 3.85. The Bertz CT molecular complexity index is 1580. The lowest BCUT2D eigenvalue weighted by Gasteiger charge is -2.11. The molecule has 0 bridgehead atoms. The van der Waals surface area contributed by atoms with E-state index in [9.17, 15) is 18.0 Å². The second kappa shape index (κ2) is 10.6. The minimum absolute atomic E-state index is 0.00564. The molecule has 0 saturated heterocycles. The molecular weight excluding hydrogens is 516 g/mol. The van der Waals surface area contributed by atoms with E-state index in [1.165, 1.54) is 12.1 Å². The van der Waals surface area contributed by atoms with Crippen molar-refractivity contribution in [3.8, 4) is 5.69 Å². The van der Waals surface area contributed by atoms with Crippen LogP contribution in [0.2, 0.25) is 5.02 Å². The van der Waals surface area contributed by atoms with Crippen molar-refractivity contribution in [1.82, 2.24) is 14.3 Å². The summed E-state index contributed by atoms with van der Waals surface area (Å²) in [5.74, 6) is 0.169. The molecule has 2 amide bonds. The molecule has 0 aliphatic carbocycles. The first-order valence-corrected chi connectivity index (χ1v) is 13.3. The zero-order valence-electron chi connectivity index (χ0n) is 20.2. The smallest absolute Gasteiger partial charge is 0.421 e. The molecule has 4 rings (SSSR count). The zero-order chi connectivity index (χ0) is 26.7. The van der Waals surface area contributed by atoms with Crippen LogP contribution in [0.15, 0.2) is 65.6 Å². The number of ether oxygens (including phenoxy) is 1. The predicted molar refractivity (Wildman–Crippen MR) is 141 cm³/mol. The number of aryl methyl sites for hydroxylation is 2. The average molecular weight is 541 g/mol. The first-order chi connectivity index (χ1) is 17.6. The second-order valence-electron chi connectivity index (χ2n) is 8.37. The van der Waals surface area contributed by atoms with Crippen LogP contribution >= 0.6 is 11.6 Å². The first-order valence-electron chi connectivity index (χ1n) is 11.4. The van der Waals surface area contributed by atoms with Crippen molar-refractivity contribution < 1.29 is 22.7 Å². The van der Waals surface area contributed by atoms with Crippen LogP contribution in [0.1, 0.15) is 34.2 Å². The maximum absolute atomic E-state index is 12.3. The normalized spacial score (nSPS) is 11.4. The van der Waals surface area contributed by atoms with Gasteiger partial charge in [-0.2, -0.15) is 0 Å². The Kier molecular flexibility index (Phi) is 7.51. The summed E-state index contributed by atoms with van der Waals surface area (Å²) in [6, 6.07) is 16.9. The third-order valence-electron chi connectivity index (χ3n) is 5.76. The molecular formula is C26H25ClN4O5S. The summed E-state index contributed by atoms with van der Waals surface area (Å²) in [6.07, 6.45) is -0.00640. The van der Waals surface area contributed by atoms with Crippen molar-refractivity contribution in [2.24, 2.45) is 5.73 Å². The van der Waals surface area contributed by atoms with Gasteiger partial charge in [-0.15, -0.1) is 0 Å². The quantitative estimate of drug-likeness (QED) is 0.342. The number of carbonyl (C=O) groups is 2. The van der Waals surface area contributed by atoms with Crippen molar-refractivity contribution in [3.63, 3.8) is 0 Å². The van der Waals surface area contributed by atoms with Gasteiger partial charge in [-0.3, -0.25) is 9.36 Å². The predicted octanol–water partition coefficient (Wildman–Crippen LogP) is 4.31. The Hall–Kier alpha value is -3.89. The number of carbonyl (C=O) groups excluding carboxylic acids is 2. The third kappa shape index (κ3) is 5.76. The molecule has 0 fully saturated rings. The Morgan fingerprint density at radius 3 is 2.38 bits per heavy atom. The Morgan fingerprint density at radius 2 is 1.76 bits per heavy atom. The summed E-state index contributed by atoms with van der Waals surface area (Å²) < 4.78 is 33.5. The van der Waals surface area contributed by atoms with Crippen LogP contribution in [0.5, 0.6) is 0 Å². The van der Waals surface area contributed by atoms with E-state index in [4.69, 9.17) is 22.1 Å². The van der Waals surface area contributed by atoms with Crippen molar-refractivity contribution in [2.75, 3.05) is 6.61 Å². The van der Waals surface area contributed by atoms with Crippen LogP contribution < -0.4 is 10.5 Å². The number of benzene rings is 3. The molecule has 37 heavy (non-hydrogen) atoms.